The summed E-state index contributed by atoms with van der Waals surface area (Å²) in [6, 6.07) is 18.4. The van der Waals surface area contributed by atoms with Gasteiger partial charge in [0.25, 0.3) is 0 Å². The molecule has 0 bridgehead atoms. The molecule has 178 valence electrons. The van der Waals surface area contributed by atoms with Crippen molar-refractivity contribution in [2.45, 2.75) is 18.9 Å². The molecule has 1 aliphatic rings. The minimum atomic E-state index is -1.37. The Bertz CT molecular complexity index is 1350. The summed E-state index contributed by atoms with van der Waals surface area (Å²) < 4.78 is 13.9. The third-order valence-electron chi connectivity index (χ3n) is 6.05. The van der Waals surface area contributed by atoms with Gasteiger partial charge in [-0.25, -0.2) is 9.37 Å². The molecule has 0 spiro atoms. The predicted molar refractivity (Wildman–Crippen MR) is 131 cm³/mol. The highest BCUT2D eigenvalue weighted by Gasteiger charge is 2.38. The number of hydrogen-bond acceptors (Lipinski definition) is 5. The van der Waals surface area contributed by atoms with Gasteiger partial charge in [-0.15, -0.1) is 0 Å². The Balaban J connectivity index is 1.46. The number of imidazole rings is 1. The summed E-state index contributed by atoms with van der Waals surface area (Å²) in [5, 5.41) is 21.5. The highest BCUT2D eigenvalue weighted by molar-refractivity contribution is 6.30. The Morgan fingerprint density at radius 1 is 1.11 bits per heavy atom. The molecule has 4 aromatic rings. The smallest absolute Gasteiger partial charge is 0.246 e. The van der Waals surface area contributed by atoms with E-state index in [1.165, 1.54) is 23.1 Å². The largest absolute Gasteiger partial charge is 0.384 e. The van der Waals surface area contributed by atoms with E-state index < -0.39 is 18.1 Å². The zero-order valence-electron chi connectivity index (χ0n) is 18.5. The fraction of sp³-hybridized carbons (Fsp3) is 0.154. The molecular formula is C26H22ClFN4O3. The van der Waals surface area contributed by atoms with Gasteiger partial charge in [0.2, 0.25) is 5.91 Å². The van der Waals surface area contributed by atoms with Gasteiger partial charge in [0, 0.05) is 22.0 Å². The Kier molecular flexibility index (Phi) is 6.25. The van der Waals surface area contributed by atoms with Crippen molar-refractivity contribution < 1.29 is 19.4 Å². The average Bonchev–Trinajstić information content (AvgIpc) is 3.47. The minimum absolute atomic E-state index is 0.227. The monoisotopic (exact) mass is 492 g/mol. The third-order valence-corrected chi connectivity index (χ3v) is 6.28. The molecule has 1 amide bonds. The summed E-state index contributed by atoms with van der Waals surface area (Å²) in [5.41, 5.74) is 3.86. The molecule has 2 unspecified atom stereocenters. The summed E-state index contributed by atoms with van der Waals surface area (Å²) in [6.45, 7) is -0.0388. The number of carbonyl (C=O) groups excluding carboxylic acids is 1. The average molecular weight is 493 g/mol. The van der Waals surface area contributed by atoms with Crippen LogP contribution in [0.1, 0.15) is 17.2 Å². The maximum atomic E-state index is 13.9. The van der Waals surface area contributed by atoms with E-state index >= 15 is 0 Å². The van der Waals surface area contributed by atoms with Crippen LogP contribution in [0.2, 0.25) is 5.02 Å². The molecule has 1 aromatic heterocycles. The number of anilines is 2. The summed E-state index contributed by atoms with van der Waals surface area (Å²) >= 11 is 6.16. The lowest BCUT2D eigenvalue weighted by molar-refractivity contribution is -0.118. The second-order valence-corrected chi connectivity index (χ2v) is 8.75. The predicted octanol–water partition coefficient (Wildman–Crippen LogP) is 4.27. The summed E-state index contributed by atoms with van der Waals surface area (Å²) in [6.07, 6.45) is 0.690. The lowest BCUT2D eigenvalue weighted by atomic mass is 10.1. The lowest BCUT2D eigenvalue weighted by Gasteiger charge is -2.29. The first-order valence-corrected chi connectivity index (χ1v) is 11.3. The van der Waals surface area contributed by atoms with E-state index in [1.54, 1.807) is 35.6 Å². The van der Waals surface area contributed by atoms with Crippen LogP contribution in [-0.4, -0.2) is 38.9 Å². The number of benzene rings is 3. The van der Waals surface area contributed by atoms with Gasteiger partial charge < -0.3 is 25.0 Å². The molecule has 35 heavy (non-hydrogen) atoms. The van der Waals surface area contributed by atoms with E-state index in [0.717, 1.165) is 16.8 Å². The summed E-state index contributed by atoms with van der Waals surface area (Å²) in [7, 11) is 0. The van der Waals surface area contributed by atoms with Gasteiger partial charge in [-0.05, 0) is 47.5 Å². The molecule has 3 N–H and O–H groups in total. The van der Waals surface area contributed by atoms with Crippen molar-refractivity contribution >= 4 is 28.9 Å². The molecule has 0 fully saturated rings. The lowest BCUT2D eigenvalue weighted by Crippen LogP contribution is -2.44. The third kappa shape index (κ3) is 4.64. The standard InChI is InChI=1S/C26H22ClFN4O3/c27-18-3-1-2-16(10-18)13-31(20-7-4-17(5-8-20)22-12-29-15-30-22)24(33)14-32-23-11-19(28)6-9-21(23)25(34)26(32)35/h1-12,15,25-26,34-35H,13-14H2,(H,29,30). The summed E-state index contributed by atoms with van der Waals surface area (Å²) in [5.74, 6) is -0.865. The summed E-state index contributed by atoms with van der Waals surface area (Å²) in [4.78, 5) is 23.6. The number of aliphatic hydroxyl groups is 2. The number of H-pyrrole nitrogens is 1. The topological polar surface area (TPSA) is 92.7 Å². The number of carbonyl (C=O) groups is 1. The number of rotatable bonds is 6. The minimum Gasteiger partial charge on any atom is -0.384 e. The van der Waals surface area contributed by atoms with Crippen molar-refractivity contribution in [2.24, 2.45) is 0 Å². The highest BCUT2D eigenvalue weighted by Crippen LogP contribution is 2.39. The molecule has 0 saturated heterocycles. The maximum Gasteiger partial charge on any atom is 0.246 e. The number of nitrogens with zero attached hydrogens (tertiary/aromatic N) is 3. The second kappa shape index (κ2) is 9.50. The van der Waals surface area contributed by atoms with Crippen molar-refractivity contribution in [2.75, 3.05) is 16.3 Å². The fourth-order valence-corrected chi connectivity index (χ4v) is 4.49. The number of hydrogen-bond donors (Lipinski definition) is 3. The van der Waals surface area contributed by atoms with Crippen molar-refractivity contribution in [1.82, 2.24) is 9.97 Å². The first-order valence-electron chi connectivity index (χ1n) is 11.0. The van der Waals surface area contributed by atoms with Crippen LogP contribution in [0.4, 0.5) is 15.8 Å². The number of nitrogens with one attached hydrogen (secondary N) is 1. The Labute approximate surface area is 206 Å². The van der Waals surface area contributed by atoms with Crippen LogP contribution in [-0.2, 0) is 11.3 Å². The van der Waals surface area contributed by atoms with Crippen LogP contribution in [0.3, 0.4) is 0 Å². The van der Waals surface area contributed by atoms with Gasteiger partial charge in [0.1, 0.15) is 18.5 Å². The van der Waals surface area contributed by atoms with E-state index in [2.05, 4.69) is 9.97 Å². The maximum absolute atomic E-state index is 13.9. The molecule has 0 saturated carbocycles. The van der Waals surface area contributed by atoms with E-state index in [4.69, 9.17) is 11.6 Å². The first-order chi connectivity index (χ1) is 16.9. The van der Waals surface area contributed by atoms with Crippen LogP contribution in [0.5, 0.6) is 0 Å². The van der Waals surface area contributed by atoms with Gasteiger partial charge in [0.15, 0.2) is 6.23 Å². The molecule has 3 aromatic carbocycles. The Hall–Kier alpha value is -3.72. The molecular weight excluding hydrogens is 471 g/mol. The molecule has 7 nitrogen and oxygen atoms in total. The van der Waals surface area contributed by atoms with Gasteiger partial charge >= 0.3 is 0 Å². The molecule has 5 rings (SSSR count). The molecule has 9 heteroatoms. The molecule has 2 atom stereocenters. The van der Waals surface area contributed by atoms with E-state index in [0.29, 0.717) is 16.3 Å². The van der Waals surface area contributed by atoms with Crippen molar-refractivity contribution in [1.29, 1.82) is 0 Å². The Morgan fingerprint density at radius 2 is 1.91 bits per heavy atom. The second-order valence-electron chi connectivity index (χ2n) is 8.31. The van der Waals surface area contributed by atoms with Crippen LogP contribution >= 0.6 is 11.6 Å². The van der Waals surface area contributed by atoms with Crippen LogP contribution in [0.25, 0.3) is 11.3 Å². The van der Waals surface area contributed by atoms with Crippen molar-refractivity contribution in [3.8, 4) is 11.3 Å². The normalized spacial score (nSPS) is 16.9. The molecule has 1 aliphatic heterocycles. The Morgan fingerprint density at radius 3 is 2.63 bits per heavy atom. The molecule has 0 radical (unpaired) electrons. The van der Waals surface area contributed by atoms with Gasteiger partial charge in [-0.1, -0.05) is 41.9 Å². The van der Waals surface area contributed by atoms with Crippen molar-refractivity contribution in [3.05, 3.63) is 101 Å². The SMILES string of the molecule is O=C(CN1c2cc(F)ccc2C(O)C1O)N(Cc1cccc(Cl)c1)c1ccc(-c2cnc[nH]2)cc1. The first kappa shape index (κ1) is 23.0. The molecule has 0 aliphatic carbocycles. The van der Waals surface area contributed by atoms with Gasteiger partial charge in [0.05, 0.1) is 24.8 Å². The van der Waals surface area contributed by atoms with E-state index in [9.17, 15) is 19.4 Å². The molecule has 2 heterocycles. The van der Waals surface area contributed by atoms with E-state index in [1.807, 2.05) is 30.3 Å². The van der Waals surface area contributed by atoms with Crippen LogP contribution in [0, 0.1) is 5.82 Å². The zero-order valence-corrected chi connectivity index (χ0v) is 19.2. The van der Waals surface area contributed by atoms with Crippen LogP contribution in [0.15, 0.2) is 79.3 Å². The fourth-order valence-electron chi connectivity index (χ4n) is 4.28. The number of fused-ring (bicyclic) bond motifs is 1. The van der Waals surface area contributed by atoms with Crippen LogP contribution < -0.4 is 9.80 Å². The number of amides is 1. The number of aromatic amines is 1. The highest BCUT2D eigenvalue weighted by atomic mass is 35.5. The number of aliphatic hydroxyl groups excluding tert-OH is 2. The van der Waals surface area contributed by atoms with Gasteiger partial charge in [-0.3, -0.25) is 4.79 Å². The quantitative estimate of drug-likeness (QED) is 0.374. The van der Waals surface area contributed by atoms with Crippen molar-refractivity contribution in [3.63, 3.8) is 0 Å². The number of aromatic nitrogens is 2. The zero-order chi connectivity index (χ0) is 24.5. The number of halogens is 2. The van der Waals surface area contributed by atoms with Gasteiger partial charge in [-0.2, -0.15) is 0 Å². The van der Waals surface area contributed by atoms with E-state index in [-0.39, 0.29) is 24.7 Å².